The highest BCUT2D eigenvalue weighted by atomic mass is 35.5. The van der Waals surface area contributed by atoms with E-state index in [1.807, 2.05) is 0 Å². The van der Waals surface area contributed by atoms with Crippen LogP contribution in [0.25, 0.3) is 6.08 Å². The zero-order chi connectivity index (χ0) is 13.0. The number of carboxylic acids is 1. The first kappa shape index (κ1) is 12.9. The van der Waals surface area contributed by atoms with Crippen molar-refractivity contribution in [3.05, 3.63) is 28.9 Å². The van der Waals surface area contributed by atoms with E-state index in [2.05, 4.69) is 15.6 Å². The van der Waals surface area contributed by atoms with E-state index >= 15 is 0 Å². The summed E-state index contributed by atoms with van der Waals surface area (Å²) in [6, 6.07) is 2.04. The molecule has 0 aromatic carbocycles. The van der Waals surface area contributed by atoms with Crippen LogP contribution in [-0.4, -0.2) is 35.2 Å². The third kappa shape index (κ3) is 3.45. The smallest absolute Gasteiger partial charge is 0.328 e. The summed E-state index contributed by atoms with van der Waals surface area (Å²) in [6.45, 7) is 1.90. The van der Waals surface area contributed by atoms with Crippen LogP contribution in [0.4, 0.5) is 5.82 Å². The predicted molar refractivity (Wildman–Crippen MR) is 70.8 cm³/mol. The largest absolute Gasteiger partial charge is 0.478 e. The van der Waals surface area contributed by atoms with Crippen molar-refractivity contribution >= 4 is 29.5 Å². The molecule has 1 aliphatic rings. The average molecular weight is 268 g/mol. The molecule has 0 radical (unpaired) electrons. The molecule has 1 atom stereocenters. The lowest BCUT2D eigenvalue weighted by atomic mass is 10.2. The molecular formula is C12H14ClN3O2. The Morgan fingerprint density at radius 3 is 3.11 bits per heavy atom. The zero-order valence-electron chi connectivity index (χ0n) is 9.69. The standard InChI is InChI=1S/C12H14ClN3O2/c13-10-5-8(1-2-11(17)18)6-15-12(10)16-9-3-4-14-7-9/h1-2,5-6,9,14H,3-4,7H2,(H,15,16)(H,17,18)/b2-1+/t9-/m1/s1. The molecular weight excluding hydrogens is 254 g/mol. The molecule has 1 aromatic rings. The van der Waals surface area contributed by atoms with E-state index in [1.54, 1.807) is 12.3 Å². The van der Waals surface area contributed by atoms with Crippen molar-refractivity contribution in [2.45, 2.75) is 12.5 Å². The number of hydrogen-bond acceptors (Lipinski definition) is 4. The summed E-state index contributed by atoms with van der Waals surface area (Å²) in [7, 11) is 0. The second-order valence-corrected chi connectivity index (χ2v) is 4.51. The van der Waals surface area contributed by atoms with Crippen LogP contribution in [0.2, 0.25) is 5.02 Å². The van der Waals surface area contributed by atoms with Crippen LogP contribution in [0, 0.1) is 0 Å². The second kappa shape index (κ2) is 5.84. The number of halogens is 1. The number of nitrogens with zero attached hydrogens (tertiary/aromatic N) is 1. The molecule has 1 aliphatic heterocycles. The highest BCUT2D eigenvalue weighted by Crippen LogP contribution is 2.22. The normalized spacial score (nSPS) is 19.3. The quantitative estimate of drug-likeness (QED) is 0.723. The molecule has 5 nitrogen and oxygen atoms in total. The minimum atomic E-state index is -0.995. The predicted octanol–water partition coefficient (Wildman–Crippen LogP) is 1.61. The zero-order valence-corrected chi connectivity index (χ0v) is 10.4. The maximum atomic E-state index is 10.4. The maximum Gasteiger partial charge on any atom is 0.328 e. The molecule has 2 heterocycles. The van der Waals surface area contributed by atoms with E-state index in [1.165, 1.54) is 6.08 Å². The Labute approximate surface area is 110 Å². The van der Waals surface area contributed by atoms with Gasteiger partial charge in [0.15, 0.2) is 0 Å². The lowest BCUT2D eigenvalue weighted by Gasteiger charge is -2.13. The van der Waals surface area contributed by atoms with Crippen molar-refractivity contribution in [3.63, 3.8) is 0 Å². The summed E-state index contributed by atoms with van der Waals surface area (Å²) in [5.74, 6) is -0.358. The Kier molecular flexibility index (Phi) is 4.17. The first-order valence-corrected chi connectivity index (χ1v) is 6.07. The van der Waals surface area contributed by atoms with Crippen molar-refractivity contribution in [1.82, 2.24) is 10.3 Å². The van der Waals surface area contributed by atoms with E-state index < -0.39 is 5.97 Å². The molecule has 0 amide bonds. The Hall–Kier alpha value is -1.59. The lowest BCUT2D eigenvalue weighted by molar-refractivity contribution is -0.131. The van der Waals surface area contributed by atoms with Gasteiger partial charge in [0.05, 0.1) is 5.02 Å². The van der Waals surface area contributed by atoms with Crippen molar-refractivity contribution in [2.75, 3.05) is 18.4 Å². The lowest BCUT2D eigenvalue weighted by Crippen LogP contribution is -2.22. The van der Waals surface area contributed by atoms with Gasteiger partial charge in [-0.25, -0.2) is 9.78 Å². The second-order valence-electron chi connectivity index (χ2n) is 4.10. The van der Waals surface area contributed by atoms with Gasteiger partial charge < -0.3 is 15.7 Å². The number of carboxylic acid groups (broad SMARTS) is 1. The van der Waals surface area contributed by atoms with E-state index in [0.717, 1.165) is 25.6 Å². The number of hydrogen-bond donors (Lipinski definition) is 3. The Bertz CT molecular complexity index is 470. The molecule has 1 aromatic heterocycles. The van der Waals surface area contributed by atoms with Crippen LogP contribution in [-0.2, 0) is 4.79 Å². The SMILES string of the molecule is O=C(O)/C=C/c1cnc(N[C@@H]2CCNC2)c(Cl)c1. The molecule has 1 fully saturated rings. The molecule has 96 valence electrons. The van der Waals surface area contributed by atoms with Crippen LogP contribution in [0.5, 0.6) is 0 Å². The van der Waals surface area contributed by atoms with Gasteiger partial charge in [-0.2, -0.15) is 0 Å². The summed E-state index contributed by atoms with van der Waals surface area (Å²) in [4.78, 5) is 14.6. The fourth-order valence-corrected chi connectivity index (χ4v) is 2.02. The number of rotatable bonds is 4. The fourth-order valence-electron chi connectivity index (χ4n) is 1.79. The Morgan fingerprint density at radius 1 is 1.67 bits per heavy atom. The van der Waals surface area contributed by atoms with Crippen molar-refractivity contribution < 1.29 is 9.90 Å². The van der Waals surface area contributed by atoms with Gasteiger partial charge in [0.25, 0.3) is 0 Å². The first-order chi connectivity index (χ1) is 8.65. The minimum Gasteiger partial charge on any atom is -0.478 e. The van der Waals surface area contributed by atoms with Crippen molar-refractivity contribution in [2.24, 2.45) is 0 Å². The van der Waals surface area contributed by atoms with Crippen LogP contribution < -0.4 is 10.6 Å². The molecule has 0 bridgehead atoms. The average Bonchev–Trinajstić information content (AvgIpc) is 2.82. The van der Waals surface area contributed by atoms with Crippen LogP contribution in [0.3, 0.4) is 0 Å². The number of nitrogens with one attached hydrogen (secondary N) is 2. The molecule has 6 heteroatoms. The van der Waals surface area contributed by atoms with Crippen molar-refractivity contribution in [3.8, 4) is 0 Å². The summed E-state index contributed by atoms with van der Waals surface area (Å²) < 4.78 is 0. The minimum absolute atomic E-state index is 0.343. The Balaban J connectivity index is 2.06. The highest BCUT2D eigenvalue weighted by molar-refractivity contribution is 6.33. The fraction of sp³-hybridized carbons (Fsp3) is 0.333. The number of pyridine rings is 1. The molecule has 0 unspecified atom stereocenters. The number of aromatic nitrogens is 1. The van der Waals surface area contributed by atoms with Crippen molar-refractivity contribution in [1.29, 1.82) is 0 Å². The monoisotopic (exact) mass is 267 g/mol. The summed E-state index contributed by atoms with van der Waals surface area (Å²) in [6.07, 6.45) is 5.15. The molecule has 0 saturated carbocycles. The third-order valence-corrected chi connectivity index (χ3v) is 2.97. The van der Waals surface area contributed by atoms with Gasteiger partial charge in [0.1, 0.15) is 5.82 Å². The summed E-state index contributed by atoms with van der Waals surface area (Å²) in [5.41, 5.74) is 0.664. The highest BCUT2D eigenvalue weighted by Gasteiger charge is 2.15. The molecule has 2 rings (SSSR count). The number of aliphatic carboxylic acids is 1. The van der Waals surface area contributed by atoms with Gasteiger partial charge in [-0.3, -0.25) is 0 Å². The molecule has 1 saturated heterocycles. The first-order valence-electron chi connectivity index (χ1n) is 5.69. The summed E-state index contributed by atoms with van der Waals surface area (Å²) >= 11 is 6.10. The topological polar surface area (TPSA) is 74.2 Å². The van der Waals surface area contributed by atoms with Crippen LogP contribution >= 0.6 is 11.6 Å². The number of carbonyl (C=O) groups is 1. The Morgan fingerprint density at radius 2 is 2.50 bits per heavy atom. The number of anilines is 1. The van der Waals surface area contributed by atoms with Gasteiger partial charge in [-0.05, 0) is 30.7 Å². The van der Waals surface area contributed by atoms with Gasteiger partial charge in [-0.15, -0.1) is 0 Å². The van der Waals surface area contributed by atoms with E-state index in [9.17, 15) is 4.79 Å². The van der Waals surface area contributed by atoms with Crippen LogP contribution in [0.1, 0.15) is 12.0 Å². The molecule has 3 N–H and O–H groups in total. The van der Waals surface area contributed by atoms with Crippen LogP contribution in [0.15, 0.2) is 18.3 Å². The van der Waals surface area contributed by atoms with E-state index in [4.69, 9.17) is 16.7 Å². The molecule has 18 heavy (non-hydrogen) atoms. The maximum absolute atomic E-state index is 10.4. The van der Waals surface area contributed by atoms with Gasteiger partial charge in [0, 0.05) is 24.9 Å². The van der Waals surface area contributed by atoms with E-state index in [-0.39, 0.29) is 0 Å². The van der Waals surface area contributed by atoms with E-state index in [0.29, 0.717) is 22.4 Å². The molecule has 0 aliphatic carbocycles. The summed E-state index contributed by atoms with van der Waals surface area (Å²) in [5, 5.41) is 15.5. The van der Waals surface area contributed by atoms with Gasteiger partial charge >= 0.3 is 5.97 Å². The van der Waals surface area contributed by atoms with Gasteiger partial charge in [0.2, 0.25) is 0 Å². The molecule has 0 spiro atoms. The van der Waals surface area contributed by atoms with Gasteiger partial charge in [-0.1, -0.05) is 11.6 Å². The third-order valence-electron chi connectivity index (χ3n) is 2.68.